The molecule has 0 radical (unpaired) electrons. The molecule has 1 aliphatic rings. The van der Waals surface area contributed by atoms with Gasteiger partial charge in [0.25, 0.3) is 0 Å². The zero-order valence-electron chi connectivity index (χ0n) is 12.7. The maximum atomic E-state index is 12.6. The molecular formula is C15H22N2O4S. The van der Waals surface area contributed by atoms with Gasteiger partial charge in [0, 0.05) is 26.6 Å². The fourth-order valence-corrected chi connectivity index (χ4v) is 4.27. The van der Waals surface area contributed by atoms with Crippen LogP contribution in [0.25, 0.3) is 0 Å². The molecule has 0 aromatic heterocycles. The van der Waals surface area contributed by atoms with Crippen molar-refractivity contribution in [2.75, 3.05) is 20.1 Å². The molecular weight excluding hydrogens is 304 g/mol. The van der Waals surface area contributed by atoms with Crippen LogP contribution in [0.5, 0.6) is 0 Å². The summed E-state index contributed by atoms with van der Waals surface area (Å²) in [5, 5.41) is 13.1. The lowest BCUT2D eigenvalue weighted by Gasteiger charge is -2.38. The standard InChI is InChI=1S/C15H22N2O4S/c1-16-14(18)8-10-15(19)9-5-11-17(12-15)22(20,21)13-6-3-2-4-7-13/h2-4,6-7,19H,5,8-12H2,1H3,(H,16,18)/t15-/m1/s1. The number of hydrogen-bond donors (Lipinski definition) is 2. The van der Waals surface area contributed by atoms with Crippen LogP contribution in [0.3, 0.4) is 0 Å². The number of nitrogens with zero attached hydrogens (tertiary/aromatic N) is 1. The summed E-state index contributed by atoms with van der Waals surface area (Å²) in [5.41, 5.74) is -1.15. The van der Waals surface area contributed by atoms with Crippen LogP contribution in [-0.2, 0) is 14.8 Å². The maximum absolute atomic E-state index is 12.6. The second-order valence-electron chi connectivity index (χ2n) is 5.65. The van der Waals surface area contributed by atoms with Gasteiger partial charge in [-0.2, -0.15) is 4.31 Å². The third kappa shape index (κ3) is 3.85. The van der Waals surface area contributed by atoms with Crippen LogP contribution in [0.1, 0.15) is 25.7 Å². The van der Waals surface area contributed by atoms with Crippen LogP contribution in [0.2, 0.25) is 0 Å². The molecule has 1 amide bonds. The van der Waals surface area contributed by atoms with Crippen molar-refractivity contribution in [3.05, 3.63) is 30.3 Å². The highest BCUT2D eigenvalue weighted by Gasteiger charge is 2.38. The van der Waals surface area contributed by atoms with Gasteiger partial charge in [-0.3, -0.25) is 4.79 Å². The van der Waals surface area contributed by atoms with Crippen molar-refractivity contribution in [1.82, 2.24) is 9.62 Å². The van der Waals surface area contributed by atoms with E-state index in [-0.39, 0.29) is 30.2 Å². The van der Waals surface area contributed by atoms with Crippen molar-refractivity contribution in [2.24, 2.45) is 0 Å². The van der Waals surface area contributed by atoms with E-state index in [1.165, 1.54) is 4.31 Å². The molecule has 2 rings (SSSR count). The van der Waals surface area contributed by atoms with E-state index < -0.39 is 15.6 Å². The van der Waals surface area contributed by atoms with Crippen LogP contribution in [0.15, 0.2) is 35.2 Å². The second-order valence-corrected chi connectivity index (χ2v) is 7.59. The molecule has 1 fully saturated rings. The minimum atomic E-state index is -3.60. The average Bonchev–Trinajstić information content (AvgIpc) is 2.53. The van der Waals surface area contributed by atoms with Gasteiger partial charge in [0.1, 0.15) is 0 Å². The Hall–Kier alpha value is -1.44. The van der Waals surface area contributed by atoms with Crippen LogP contribution in [-0.4, -0.2) is 49.5 Å². The Bertz CT molecular complexity index is 618. The number of nitrogens with one attached hydrogen (secondary N) is 1. The van der Waals surface area contributed by atoms with Gasteiger partial charge in [-0.05, 0) is 31.4 Å². The van der Waals surface area contributed by atoms with Crippen molar-refractivity contribution in [3.8, 4) is 0 Å². The summed E-state index contributed by atoms with van der Waals surface area (Å²) in [6.45, 7) is 0.417. The van der Waals surface area contributed by atoms with Gasteiger partial charge in [-0.15, -0.1) is 0 Å². The summed E-state index contributed by atoms with van der Waals surface area (Å²) in [6, 6.07) is 8.21. The van der Waals surface area contributed by atoms with Crippen LogP contribution in [0.4, 0.5) is 0 Å². The van der Waals surface area contributed by atoms with E-state index in [2.05, 4.69) is 5.32 Å². The average molecular weight is 326 g/mol. The van der Waals surface area contributed by atoms with E-state index in [1.54, 1.807) is 37.4 Å². The number of carbonyl (C=O) groups is 1. The summed E-state index contributed by atoms with van der Waals surface area (Å²) < 4.78 is 26.5. The normalized spacial score (nSPS) is 23.2. The number of benzene rings is 1. The first-order chi connectivity index (χ1) is 10.4. The van der Waals surface area contributed by atoms with E-state index in [0.29, 0.717) is 19.4 Å². The highest BCUT2D eigenvalue weighted by atomic mass is 32.2. The van der Waals surface area contributed by atoms with Gasteiger partial charge in [-0.25, -0.2) is 8.42 Å². The third-order valence-electron chi connectivity index (χ3n) is 4.00. The number of rotatable bonds is 5. The van der Waals surface area contributed by atoms with Crippen molar-refractivity contribution in [3.63, 3.8) is 0 Å². The van der Waals surface area contributed by atoms with Crippen LogP contribution in [0, 0.1) is 0 Å². The molecule has 0 spiro atoms. The molecule has 0 unspecified atom stereocenters. The van der Waals surface area contributed by atoms with Gasteiger partial charge in [0.2, 0.25) is 15.9 Å². The quantitative estimate of drug-likeness (QED) is 0.835. The van der Waals surface area contributed by atoms with Crippen molar-refractivity contribution in [2.45, 2.75) is 36.2 Å². The fraction of sp³-hybridized carbons (Fsp3) is 0.533. The summed E-state index contributed by atoms with van der Waals surface area (Å²) in [7, 11) is -2.06. The Balaban J connectivity index is 2.11. The molecule has 122 valence electrons. The molecule has 0 bridgehead atoms. The van der Waals surface area contributed by atoms with Gasteiger partial charge in [-0.1, -0.05) is 18.2 Å². The summed E-state index contributed by atoms with van der Waals surface area (Å²) in [4.78, 5) is 11.6. The molecule has 7 heteroatoms. The van der Waals surface area contributed by atoms with Crippen molar-refractivity contribution < 1.29 is 18.3 Å². The topological polar surface area (TPSA) is 86.7 Å². The molecule has 22 heavy (non-hydrogen) atoms. The van der Waals surface area contributed by atoms with E-state index >= 15 is 0 Å². The molecule has 1 heterocycles. The first-order valence-electron chi connectivity index (χ1n) is 7.36. The highest BCUT2D eigenvalue weighted by molar-refractivity contribution is 7.89. The summed E-state index contributed by atoms with van der Waals surface area (Å²) >= 11 is 0. The monoisotopic (exact) mass is 326 g/mol. The van der Waals surface area contributed by atoms with Crippen LogP contribution >= 0.6 is 0 Å². The molecule has 0 saturated carbocycles. The van der Waals surface area contributed by atoms with E-state index in [9.17, 15) is 18.3 Å². The SMILES string of the molecule is CNC(=O)CC[C@]1(O)CCCN(S(=O)(=O)c2ccccc2)C1. The fourth-order valence-electron chi connectivity index (χ4n) is 2.69. The molecule has 1 aromatic rings. The molecule has 0 aliphatic carbocycles. The summed E-state index contributed by atoms with van der Waals surface area (Å²) in [5.74, 6) is -0.156. The van der Waals surface area contributed by atoms with Gasteiger partial charge in [0.15, 0.2) is 0 Å². The summed E-state index contributed by atoms with van der Waals surface area (Å²) in [6.07, 6.45) is 1.53. The number of aliphatic hydroxyl groups is 1. The van der Waals surface area contributed by atoms with Crippen molar-refractivity contribution in [1.29, 1.82) is 0 Å². The number of piperidine rings is 1. The highest BCUT2D eigenvalue weighted by Crippen LogP contribution is 2.29. The van der Waals surface area contributed by atoms with Crippen LogP contribution < -0.4 is 5.32 Å². The number of amides is 1. The largest absolute Gasteiger partial charge is 0.388 e. The third-order valence-corrected chi connectivity index (χ3v) is 5.86. The number of sulfonamides is 1. The number of carbonyl (C=O) groups excluding carboxylic acids is 1. The zero-order chi connectivity index (χ0) is 16.2. The maximum Gasteiger partial charge on any atom is 0.243 e. The Morgan fingerprint density at radius 1 is 1.36 bits per heavy atom. The number of β-amino-alcohol motifs (C(OH)–C–C–N with tert-alkyl or cyclic N) is 1. The number of hydrogen-bond acceptors (Lipinski definition) is 4. The van der Waals surface area contributed by atoms with Gasteiger partial charge in [0.05, 0.1) is 10.5 Å². The Morgan fingerprint density at radius 2 is 2.05 bits per heavy atom. The smallest absolute Gasteiger partial charge is 0.243 e. The minimum absolute atomic E-state index is 0.0290. The first kappa shape index (κ1) is 16.9. The Morgan fingerprint density at radius 3 is 2.68 bits per heavy atom. The Kier molecular flexibility index (Phi) is 5.20. The minimum Gasteiger partial charge on any atom is -0.388 e. The molecule has 2 N–H and O–H groups in total. The van der Waals surface area contributed by atoms with E-state index in [1.807, 2.05) is 0 Å². The molecule has 1 aromatic carbocycles. The lowest BCUT2D eigenvalue weighted by Crippen LogP contribution is -2.50. The first-order valence-corrected chi connectivity index (χ1v) is 8.80. The lowest BCUT2D eigenvalue weighted by molar-refractivity contribution is -0.122. The van der Waals surface area contributed by atoms with Gasteiger partial charge >= 0.3 is 0 Å². The predicted octanol–water partition coefficient (Wildman–Crippen LogP) is 0.728. The molecule has 1 aliphatic heterocycles. The van der Waals surface area contributed by atoms with Gasteiger partial charge < -0.3 is 10.4 Å². The molecule has 1 atom stereocenters. The van der Waals surface area contributed by atoms with E-state index in [4.69, 9.17) is 0 Å². The second kappa shape index (κ2) is 6.76. The predicted molar refractivity (Wildman–Crippen MR) is 82.7 cm³/mol. The molecule has 1 saturated heterocycles. The molecule has 6 nitrogen and oxygen atoms in total. The Labute approximate surface area is 131 Å². The lowest BCUT2D eigenvalue weighted by atomic mass is 9.89. The van der Waals surface area contributed by atoms with E-state index in [0.717, 1.165) is 0 Å². The van der Waals surface area contributed by atoms with Crippen molar-refractivity contribution >= 4 is 15.9 Å². The zero-order valence-corrected chi connectivity index (χ0v) is 13.5.